The molecule has 1 aliphatic heterocycles. The number of halogens is 1. The summed E-state index contributed by atoms with van der Waals surface area (Å²) in [5, 5.41) is 10.9. The Morgan fingerprint density at radius 2 is 1.83 bits per heavy atom. The molecule has 0 saturated carbocycles. The fourth-order valence-corrected chi connectivity index (χ4v) is 5.24. The average molecular weight is 571 g/mol. The maximum absolute atomic E-state index is 13.1. The Balaban J connectivity index is 1.59. The number of hydrogen-bond donors (Lipinski definition) is 0. The highest BCUT2D eigenvalue weighted by Crippen LogP contribution is 2.40. The number of nitrogens with zero attached hydrogens (tertiary/aromatic N) is 2. The molecular weight excluding hydrogens is 552 g/mol. The van der Waals surface area contributed by atoms with Crippen molar-refractivity contribution in [3.63, 3.8) is 0 Å². The van der Waals surface area contributed by atoms with Crippen LogP contribution in [0, 0.1) is 10.1 Å². The summed E-state index contributed by atoms with van der Waals surface area (Å²) in [5.74, 6) is 0.827. The Bertz CT molecular complexity index is 1310. The van der Waals surface area contributed by atoms with Crippen molar-refractivity contribution in [3.05, 3.63) is 97.3 Å². The first-order valence-corrected chi connectivity index (χ1v) is 12.5. The first-order valence-electron chi connectivity index (χ1n) is 10.5. The molecule has 1 amide bonds. The van der Waals surface area contributed by atoms with E-state index in [0.717, 1.165) is 11.1 Å². The molecule has 0 aliphatic carbocycles. The lowest BCUT2D eigenvalue weighted by atomic mass is 10.1. The molecule has 1 fully saturated rings. The van der Waals surface area contributed by atoms with Crippen molar-refractivity contribution in [3.8, 4) is 11.5 Å². The Labute approximate surface area is 220 Å². The van der Waals surface area contributed by atoms with Crippen molar-refractivity contribution in [2.45, 2.75) is 13.5 Å². The molecule has 0 bridgehead atoms. The van der Waals surface area contributed by atoms with Gasteiger partial charge < -0.3 is 9.47 Å². The van der Waals surface area contributed by atoms with Crippen molar-refractivity contribution >= 4 is 67.6 Å². The third kappa shape index (κ3) is 5.72. The fourth-order valence-electron chi connectivity index (χ4n) is 3.37. The molecule has 1 heterocycles. The second-order valence-electron chi connectivity index (χ2n) is 7.33. The number of nitro benzene ring substituents is 1. The van der Waals surface area contributed by atoms with Gasteiger partial charge in [-0.25, -0.2) is 0 Å². The molecule has 0 N–H and O–H groups in total. The molecule has 3 aromatic carbocycles. The zero-order chi connectivity index (χ0) is 24.9. The van der Waals surface area contributed by atoms with Crippen LogP contribution >= 0.6 is 39.9 Å². The highest BCUT2D eigenvalue weighted by Gasteiger charge is 2.33. The van der Waals surface area contributed by atoms with Gasteiger partial charge in [-0.15, -0.1) is 0 Å². The molecule has 0 aromatic heterocycles. The summed E-state index contributed by atoms with van der Waals surface area (Å²) in [6, 6.07) is 19.2. The van der Waals surface area contributed by atoms with E-state index in [1.54, 1.807) is 6.08 Å². The largest absolute Gasteiger partial charge is 0.490 e. The summed E-state index contributed by atoms with van der Waals surface area (Å²) in [4.78, 5) is 25.3. The summed E-state index contributed by atoms with van der Waals surface area (Å²) >= 11 is 10.1. The van der Waals surface area contributed by atoms with E-state index < -0.39 is 4.92 Å². The van der Waals surface area contributed by atoms with Crippen molar-refractivity contribution in [2.75, 3.05) is 11.5 Å². The van der Waals surface area contributed by atoms with Gasteiger partial charge in [0.05, 0.1) is 26.6 Å². The normalized spacial score (nSPS) is 14.5. The fraction of sp³-hybridized carbons (Fsp3) is 0.120. The number of amides is 1. The van der Waals surface area contributed by atoms with E-state index in [1.807, 2.05) is 49.4 Å². The minimum atomic E-state index is -0.491. The monoisotopic (exact) mass is 570 g/mol. The molecular formula is C25H19BrN2O5S2. The number of benzene rings is 3. The van der Waals surface area contributed by atoms with Gasteiger partial charge in [0.2, 0.25) is 0 Å². The summed E-state index contributed by atoms with van der Waals surface area (Å²) in [5.41, 5.74) is 2.18. The Morgan fingerprint density at radius 1 is 1.11 bits per heavy atom. The molecule has 1 saturated heterocycles. The zero-order valence-electron chi connectivity index (χ0n) is 18.5. The molecule has 4 rings (SSSR count). The van der Waals surface area contributed by atoms with Crippen LogP contribution in [0.25, 0.3) is 6.08 Å². The Kier molecular flexibility index (Phi) is 7.84. The Hall–Kier alpha value is -3.21. The van der Waals surface area contributed by atoms with Crippen LogP contribution in [0.5, 0.6) is 11.5 Å². The van der Waals surface area contributed by atoms with E-state index in [2.05, 4.69) is 15.9 Å². The van der Waals surface area contributed by atoms with E-state index in [9.17, 15) is 14.9 Å². The van der Waals surface area contributed by atoms with E-state index in [-0.39, 0.29) is 11.6 Å². The molecule has 0 atom stereocenters. The Morgan fingerprint density at radius 3 is 2.49 bits per heavy atom. The molecule has 35 heavy (non-hydrogen) atoms. The number of carbonyl (C=O) groups is 1. The van der Waals surface area contributed by atoms with Crippen LogP contribution in [-0.4, -0.2) is 21.8 Å². The second-order valence-corrected chi connectivity index (χ2v) is 9.86. The summed E-state index contributed by atoms with van der Waals surface area (Å²) < 4.78 is 12.9. The number of hydrogen-bond acceptors (Lipinski definition) is 7. The summed E-state index contributed by atoms with van der Waals surface area (Å²) in [6.07, 6.45) is 1.74. The molecule has 0 spiro atoms. The third-order valence-corrected chi connectivity index (χ3v) is 6.86. The van der Waals surface area contributed by atoms with Gasteiger partial charge in [0, 0.05) is 12.1 Å². The van der Waals surface area contributed by atoms with Crippen LogP contribution in [0.1, 0.15) is 18.1 Å². The predicted molar refractivity (Wildman–Crippen MR) is 145 cm³/mol. The number of anilines is 1. The number of nitro groups is 1. The number of thioether (sulfide) groups is 1. The predicted octanol–water partition coefficient (Wildman–Crippen LogP) is 6.74. The van der Waals surface area contributed by atoms with Crippen LogP contribution in [0.15, 0.2) is 76.1 Å². The quantitative estimate of drug-likeness (QED) is 0.128. The van der Waals surface area contributed by atoms with Gasteiger partial charge in [-0.3, -0.25) is 19.8 Å². The molecule has 10 heteroatoms. The lowest BCUT2D eigenvalue weighted by Gasteiger charge is -2.15. The van der Waals surface area contributed by atoms with Gasteiger partial charge in [-0.1, -0.05) is 54.3 Å². The van der Waals surface area contributed by atoms with Crippen LogP contribution in [0.4, 0.5) is 11.4 Å². The lowest BCUT2D eigenvalue weighted by molar-refractivity contribution is -0.384. The molecule has 0 unspecified atom stereocenters. The van der Waals surface area contributed by atoms with Gasteiger partial charge in [0.25, 0.3) is 11.6 Å². The highest BCUT2D eigenvalue weighted by molar-refractivity contribution is 9.10. The van der Waals surface area contributed by atoms with Gasteiger partial charge in [-0.2, -0.15) is 0 Å². The maximum Gasteiger partial charge on any atom is 0.270 e. The second kappa shape index (κ2) is 11.0. The van der Waals surface area contributed by atoms with Gasteiger partial charge >= 0.3 is 0 Å². The van der Waals surface area contributed by atoms with E-state index >= 15 is 0 Å². The van der Waals surface area contributed by atoms with Crippen LogP contribution < -0.4 is 14.4 Å². The van der Waals surface area contributed by atoms with E-state index in [1.165, 1.54) is 40.9 Å². The number of ether oxygens (including phenoxy) is 2. The van der Waals surface area contributed by atoms with Crippen LogP contribution in [0.3, 0.4) is 0 Å². The van der Waals surface area contributed by atoms with E-state index in [0.29, 0.717) is 44.1 Å². The van der Waals surface area contributed by atoms with Crippen LogP contribution in [-0.2, 0) is 11.4 Å². The SMILES string of the molecule is CCOc1cc(/C=C2\SC(=S)N(c3ccc([N+](=O)[O-])cc3)C2=O)cc(Br)c1OCc1ccccc1. The number of rotatable bonds is 8. The topological polar surface area (TPSA) is 81.9 Å². The smallest absolute Gasteiger partial charge is 0.270 e. The van der Waals surface area contributed by atoms with Crippen LogP contribution in [0.2, 0.25) is 0 Å². The van der Waals surface area contributed by atoms with E-state index in [4.69, 9.17) is 21.7 Å². The summed E-state index contributed by atoms with van der Waals surface area (Å²) in [7, 11) is 0. The van der Waals surface area contributed by atoms with Gasteiger partial charge in [-0.05, 0) is 64.3 Å². The molecule has 3 aromatic rings. The number of carbonyl (C=O) groups excluding carboxylic acids is 1. The number of non-ortho nitro benzene ring substituents is 1. The molecule has 0 radical (unpaired) electrons. The van der Waals surface area contributed by atoms with Crippen molar-refractivity contribution < 1.29 is 19.2 Å². The van der Waals surface area contributed by atoms with Gasteiger partial charge in [0.15, 0.2) is 15.8 Å². The standard InChI is InChI=1S/C25H19BrN2O5S2/c1-2-32-21-13-17(12-20(26)23(21)33-15-16-6-4-3-5-7-16)14-22-24(29)27(25(34)35-22)18-8-10-19(11-9-18)28(30)31/h3-14H,2,15H2,1H3/b22-14-. The average Bonchev–Trinajstić information content (AvgIpc) is 3.12. The van der Waals surface area contributed by atoms with Crippen molar-refractivity contribution in [2.24, 2.45) is 0 Å². The summed E-state index contributed by atoms with van der Waals surface area (Å²) in [6.45, 7) is 2.71. The first-order chi connectivity index (χ1) is 16.9. The molecule has 178 valence electrons. The molecule has 1 aliphatic rings. The van der Waals surface area contributed by atoms with Gasteiger partial charge in [0.1, 0.15) is 6.61 Å². The van der Waals surface area contributed by atoms with Crippen molar-refractivity contribution in [1.82, 2.24) is 0 Å². The lowest BCUT2D eigenvalue weighted by Crippen LogP contribution is -2.27. The third-order valence-electron chi connectivity index (χ3n) is 4.97. The van der Waals surface area contributed by atoms with Crippen molar-refractivity contribution in [1.29, 1.82) is 0 Å². The molecule has 7 nitrogen and oxygen atoms in total. The zero-order valence-corrected chi connectivity index (χ0v) is 21.7. The maximum atomic E-state index is 13.1. The first kappa shape index (κ1) is 24.9. The highest BCUT2D eigenvalue weighted by atomic mass is 79.9. The number of thiocarbonyl (C=S) groups is 1. The minimum absolute atomic E-state index is 0.0578. The minimum Gasteiger partial charge on any atom is -0.490 e.